The van der Waals surface area contributed by atoms with Crippen molar-refractivity contribution in [3.8, 4) is 0 Å². The highest BCUT2D eigenvalue weighted by molar-refractivity contribution is 7.90. The van der Waals surface area contributed by atoms with E-state index < -0.39 is 15.7 Å². The highest BCUT2D eigenvalue weighted by Crippen LogP contribution is 2.22. The molecule has 1 aromatic carbocycles. The molecule has 1 aromatic heterocycles. The highest BCUT2D eigenvalue weighted by Gasteiger charge is 2.26. The fraction of sp³-hybridized carbons (Fsp3) is 0.375. The van der Waals surface area contributed by atoms with Gasteiger partial charge >= 0.3 is 0 Å². The molecule has 0 bridgehead atoms. The van der Waals surface area contributed by atoms with E-state index in [1.807, 2.05) is 24.6 Å². The fourth-order valence-corrected chi connectivity index (χ4v) is 3.33. The van der Waals surface area contributed by atoms with Gasteiger partial charge < -0.3 is 4.84 Å². The third-order valence-corrected chi connectivity index (χ3v) is 5.00. The molecule has 0 N–H and O–H groups in total. The van der Waals surface area contributed by atoms with Crippen LogP contribution in [0.2, 0.25) is 0 Å². The molecular formula is C16H18FN3O3S. The summed E-state index contributed by atoms with van der Waals surface area (Å²) in [6.45, 7) is 4.40. The van der Waals surface area contributed by atoms with Crippen LogP contribution in [0.15, 0.2) is 34.3 Å². The summed E-state index contributed by atoms with van der Waals surface area (Å²) in [5.41, 5.74) is 2.68. The summed E-state index contributed by atoms with van der Waals surface area (Å²) < 4.78 is 39.0. The predicted octanol–water partition coefficient (Wildman–Crippen LogP) is 2.24. The summed E-state index contributed by atoms with van der Waals surface area (Å²) in [5, 5.41) is 8.33. The van der Waals surface area contributed by atoms with Gasteiger partial charge in [-0.05, 0) is 38.1 Å². The van der Waals surface area contributed by atoms with E-state index in [2.05, 4.69) is 10.3 Å². The lowest BCUT2D eigenvalue weighted by molar-refractivity contribution is 0.0692. The van der Waals surface area contributed by atoms with Crippen molar-refractivity contribution in [2.24, 2.45) is 5.16 Å². The molecule has 1 aliphatic heterocycles. The van der Waals surface area contributed by atoms with Crippen LogP contribution in [0.4, 0.5) is 4.39 Å². The number of benzene rings is 1. The molecule has 128 valence electrons. The number of oxime groups is 1. The lowest BCUT2D eigenvalue weighted by atomic mass is 10.0. The monoisotopic (exact) mass is 351 g/mol. The van der Waals surface area contributed by atoms with Crippen LogP contribution >= 0.6 is 0 Å². The summed E-state index contributed by atoms with van der Waals surface area (Å²) >= 11 is 0. The van der Waals surface area contributed by atoms with Gasteiger partial charge in [-0.1, -0.05) is 5.16 Å². The summed E-state index contributed by atoms with van der Waals surface area (Å²) in [4.78, 5) is 5.33. The summed E-state index contributed by atoms with van der Waals surface area (Å²) in [5.74, 6) is -0.618. The second kappa shape index (κ2) is 6.01. The van der Waals surface area contributed by atoms with E-state index in [4.69, 9.17) is 4.84 Å². The SMILES string of the molecule is Cc1cc(C)n(C[C@H]2CC(c3ccc(S(C)(=O)=O)cc3F)=NO2)n1. The first-order chi connectivity index (χ1) is 11.2. The van der Waals surface area contributed by atoms with Crippen LogP contribution < -0.4 is 0 Å². The molecule has 0 saturated carbocycles. The molecule has 1 aliphatic rings. The Morgan fingerprint density at radius 2 is 2.08 bits per heavy atom. The number of halogens is 1. The van der Waals surface area contributed by atoms with Gasteiger partial charge in [0.25, 0.3) is 0 Å². The number of hydrogen-bond acceptors (Lipinski definition) is 5. The van der Waals surface area contributed by atoms with Gasteiger partial charge in [0.1, 0.15) is 5.82 Å². The third kappa shape index (κ3) is 3.33. The Labute approximate surface area is 139 Å². The first-order valence-corrected chi connectivity index (χ1v) is 9.37. The van der Waals surface area contributed by atoms with E-state index in [0.717, 1.165) is 23.7 Å². The van der Waals surface area contributed by atoms with Crippen molar-refractivity contribution >= 4 is 15.5 Å². The van der Waals surface area contributed by atoms with Crippen molar-refractivity contribution in [1.29, 1.82) is 0 Å². The molecule has 6 nitrogen and oxygen atoms in total. The largest absolute Gasteiger partial charge is 0.390 e. The van der Waals surface area contributed by atoms with E-state index in [9.17, 15) is 12.8 Å². The van der Waals surface area contributed by atoms with Gasteiger partial charge in [0.05, 0.1) is 22.8 Å². The van der Waals surface area contributed by atoms with E-state index in [0.29, 0.717) is 18.7 Å². The van der Waals surface area contributed by atoms with Crippen LogP contribution in [0.3, 0.4) is 0 Å². The second-order valence-electron chi connectivity index (χ2n) is 5.99. The number of nitrogens with zero attached hydrogens (tertiary/aromatic N) is 3. The molecule has 0 saturated heterocycles. The topological polar surface area (TPSA) is 73.5 Å². The first-order valence-electron chi connectivity index (χ1n) is 7.48. The summed E-state index contributed by atoms with van der Waals surface area (Å²) in [7, 11) is -3.44. The van der Waals surface area contributed by atoms with Gasteiger partial charge in [-0.2, -0.15) is 5.10 Å². The van der Waals surface area contributed by atoms with Crippen LogP contribution in [0, 0.1) is 19.7 Å². The zero-order chi connectivity index (χ0) is 17.5. The minimum atomic E-state index is -3.44. The molecular weight excluding hydrogens is 333 g/mol. The third-order valence-electron chi connectivity index (χ3n) is 3.89. The Morgan fingerprint density at radius 3 is 2.67 bits per heavy atom. The Balaban J connectivity index is 1.75. The lowest BCUT2D eigenvalue weighted by Gasteiger charge is -2.10. The maximum Gasteiger partial charge on any atom is 0.175 e. The predicted molar refractivity (Wildman–Crippen MR) is 87.2 cm³/mol. The van der Waals surface area contributed by atoms with E-state index in [1.165, 1.54) is 12.1 Å². The molecule has 0 spiro atoms. The molecule has 0 radical (unpaired) electrons. The Hall–Kier alpha value is -2.22. The normalized spacial score (nSPS) is 17.7. The van der Waals surface area contributed by atoms with Gasteiger partial charge in [0.2, 0.25) is 0 Å². The minimum Gasteiger partial charge on any atom is -0.390 e. The fourth-order valence-electron chi connectivity index (χ4n) is 2.70. The lowest BCUT2D eigenvalue weighted by Crippen LogP contribution is -2.19. The molecule has 2 aromatic rings. The molecule has 1 atom stereocenters. The number of aryl methyl sites for hydroxylation is 2. The van der Waals surface area contributed by atoms with E-state index in [-0.39, 0.29) is 16.6 Å². The molecule has 8 heteroatoms. The summed E-state index contributed by atoms with van der Waals surface area (Å²) in [6.07, 6.45) is 1.25. The van der Waals surface area contributed by atoms with Crippen LogP contribution in [0.5, 0.6) is 0 Å². The van der Waals surface area contributed by atoms with Crippen molar-refractivity contribution in [3.05, 3.63) is 47.0 Å². The molecule has 3 rings (SSSR count). The molecule has 0 unspecified atom stereocenters. The molecule has 0 amide bonds. The Bertz CT molecular complexity index is 919. The van der Waals surface area contributed by atoms with Gasteiger partial charge in [-0.3, -0.25) is 4.68 Å². The number of aromatic nitrogens is 2. The average Bonchev–Trinajstić information content (AvgIpc) is 3.05. The van der Waals surface area contributed by atoms with Gasteiger partial charge in [-0.25, -0.2) is 12.8 Å². The zero-order valence-electron chi connectivity index (χ0n) is 13.7. The molecule has 24 heavy (non-hydrogen) atoms. The van der Waals surface area contributed by atoms with Crippen molar-refractivity contribution < 1.29 is 17.6 Å². The standard InChI is InChI=1S/C16H18FN3O3S/c1-10-6-11(2)20(18-10)9-12-7-16(19-23-12)14-5-4-13(8-15(14)17)24(3,21)22/h4-6,8,12H,7,9H2,1-3H3/t12-/m1/s1. The highest BCUT2D eigenvalue weighted by atomic mass is 32.2. The van der Waals surface area contributed by atoms with Crippen LogP contribution in [0.25, 0.3) is 0 Å². The van der Waals surface area contributed by atoms with Crippen LogP contribution in [-0.2, 0) is 21.2 Å². The molecule has 2 heterocycles. The van der Waals surface area contributed by atoms with Crippen molar-refractivity contribution in [2.75, 3.05) is 6.26 Å². The van der Waals surface area contributed by atoms with Crippen molar-refractivity contribution in [1.82, 2.24) is 9.78 Å². The number of rotatable bonds is 4. The molecule has 0 fully saturated rings. The van der Waals surface area contributed by atoms with Crippen molar-refractivity contribution in [3.63, 3.8) is 0 Å². The Morgan fingerprint density at radius 1 is 1.33 bits per heavy atom. The smallest absolute Gasteiger partial charge is 0.175 e. The molecule has 0 aliphatic carbocycles. The average molecular weight is 351 g/mol. The number of hydrogen-bond donors (Lipinski definition) is 0. The van der Waals surface area contributed by atoms with Crippen LogP contribution in [0.1, 0.15) is 23.4 Å². The Kier molecular flexibility index (Phi) is 4.16. The maximum absolute atomic E-state index is 14.2. The quantitative estimate of drug-likeness (QED) is 0.847. The number of sulfone groups is 1. The van der Waals surface area contributed by atoms with Crippen LogP contribution in [-0.4, -0.2) is 36.3 Å². The zero-order valence-corrected chi connectivity index (χ0v) is 14.5. The van der Waals surface area contributed by atoms with Gasteiger partial charge in [-0.15, -0.1) is 0 Å². The van der Waals surface area contributed by atoms with E-state index >= 15 is 0 Å². The first kappa shape index (κ1) is 16.6. The minimum absolute atomic E-state index is 0.0533. The van der Waals surface area contributed by atoms with Gasteiger partial charge in [0.15, 0.2) is 15.9 Å². The van der Waals surface area contributed by atoms with Crippen molar-refractivity contribution in [2.45, 2.75) is 37.8 Å². The van der Waals surface area contributed by atoms with Gasteiger partial charge in [0, 0.05) is 23.9 Å². The van der Waals surface area contributed by atoms with E-state index in [1.54, 1.807) is 0 Å². The second-order valence-corrected chi connectivity index (χ2v) is 8.01. The maximum atomic E-state index is 14.2. The summed E-state index contributed by atoms with van der Waals surface area (Å²) in [6, 6.07) is 5.80.